The summed E-state index contributed by atoms with van der Waals surface area (Å²) in [7, 11) is 0. The summed E-state index contributed by atoms with van der Waals surface area (Å²) < 4.78 is 7.34. The molecule has 7 heteroatoms. The number of hydrogen-bond donors (Lipinski definition) is 0. The first-order valence-electron chi connectivity index (χ1n) is 10.5. The Hall–Kier alpha value is -3.32. The third-order valence-electron chi connectivity index (χ3n) is 5.37. The molecule has 2 amide bonds. The van der Waals surface area contributed by atoms with E-state index in [4.69, 9.17) is 4.74 Å². The number of carbonyl (C=O) groups is 3. The first-order valence-corrected chi connectivity index (χ1v) is 11.3. The molecule has 2 heterocycles. The fraction of sp³-hybridized carbons (Fsp3) is 0.240. The molecule has 3 aromatic rings. The molecular weight excluding hydrogens is 424 g/mol. The van der Waals surface area contributed by atoms with Crippen LogP contribution in [0.4, 0.5) is 4.79 Å². The lowest BCUT2D eigenvalue weighted by molar-refractivity contribution is -0.150. The average Bonchev–Trinajstić information content (AvgIpc) is 3.26. The molecule has 1 saturated heterocycles. The van der Waals surface area contributed by atoms with Crippen LogP contribution in [0, 0.1) is 0 Å². The molecule has 164 valence electrons. The highest BCUT2D eigenvalue weighted by Gasteiger charge is 2.37. The Kier molecular flexibility index (Phi) is 6.46. The number of carbonyl (C=O) groups excluding carboxylic acids is 3. The second-order valence-electron chi connectivity index (χ2n) is 7.69. The topological polar surface area (TPSA) is 68.6 Å². The second kappa shape index (κ2) is 9.44. The molecule has 32 heavy (non-hydrogen) atoms. The van der Waals surface area contributed by atoms with E-state index in [-0.39, 0.29) is 12.6 Å². The summed E-state index contributed by atoms with van der Waals surface area (Å²) in [6.45, 7) is 3.99. The molecule has 2 aromatic carbocycles. The van der Waals surface area contributed by atoms with Gasteiger partial charge in [-0.05, 0) is 42.8 Å². The van der Waals surface area contributed by atoms with E-state index in [0.717, 1.165) is 33.1 Å². The van der Waals surface area contributed by atoms with Gasteiger partial charge in [-0.15, -0.1) is 0 Å². The van der Waals surface area contributed by atoms with Gasteiger partial charge < -0.3 is 9.30 Å². The number of ether oxygens (including phenoxy) is 1. The van der Waals surface area contributed by atoms with E-state index < -0.39 is 17.1 Å². The molecule has 1 aromatic heterocycles. The van der Waals surface area contributed by atoms with E-state index in [2.05, 4.69) is 16.7 Å². The van der Waals surface area contributed by atoms with Crippen molar-refractivity contribution in [3.63, 3.8) is 0 Å². The van der Waals surface area contributed by atoms with Crippen molar-refractivity contribution in [2.45, 2.75) is 32.9 Å². The van der Waals surface area contributed by atoms with Gasteiger partial charge >= 0.3 is 5.97 Å². The van der Waals surface area contributed by atoms with Crippen molar-refractivity contribution < 1.29 is 19.1 Å². The van der Waals surface area contributed by atoms with Crippen molar-refractivity contribution in [2.75, 3.05) is 6.54 Å². The zero-order chi connectivity index (χ0) is 22.7. The van der Waals surface area contributed by atoms with Gasteiger partial charge in [0.1, 0.15) is 6.54 Å². The van der Waals surface area contributed by atoms with E-state index in [0.29, 0.717) is 17.9 Å². The van der Waals surface area contributed by atoms with E-state index in [9.17, 15) is 14.4 Å². The minimum absolute atomic E-state index is 0.256. The average molecular weight is 449 g/mol. The highest BCUT2D eigenvalue weighted by molar-refractivity contribution is 8.18. The molecule has 0 bridgehead atoms. The number of thioether (sulfide) groups is 1. The highest BCUT2D eigenvalue weighted by Crippen LogP contribution is 2.34. The summed E-state index contributed by atoms with van der Waals surface area (Å²) in [6.07, 6.45) is 4.13. The van der Waals surface area contributed by atoms with Crippen molar-refractivity contribution in [1.82, 2.24) is 9.47 Å². The minimum atomic E-state index is -0.581. The maximum absolute atomic E-state index is 12.8. The Labute approximate surface area is 190 Å². The van der Waals surface area contributed by atoms with Crippen LogP contribution in [0.5, 0.6) is 0 Å². The third-order valence-corrected chi connectivity index (χ3v) is 6.28. The van der Waals surface area contributed by atoms with Gasteiger partial charge in [-0.1, -0.05) is 55.5 Å². The number of aromatic nitrogens is 1. The van der Waals surface area contributed by atoms with Crippen LogP contribution >= 0.6 is 11.8 Å². The molecule has 0 radical (unpaired) electrons. The summed E-state index contributed by atoms with van der Waals surface area (Å²) in [6, 6.07) is 18.1. The van der Waals surface area contributed by atoms with Crippen LogP contribution in [0.25, 0.3) is 17.0 Å². The van der Waals surface area contributed by atoms with Crippen molar-refractivity contribution in [3.05, 3.63) is 76.8 Å². The molecule has 1 atom stereocenters. The van der Waals surface area contributed by atoms with Gasteiger partial charge in [-0.25, -0.2) is 0 Å². The summed E-state index contributed by atoms with van der Waals surface area (Å²) in [4.78, 5) is 38.6. The van der Waals surface area contributed by atoms with Crippen LogP contribution in [0.2, 0.25) is 0 Å². The van der Waals surface area contributed by atoms with E-state index in [1.807, 2.05) is 55.6 Å². The van der Waals surface area contributed by atoms with Gasteiger partial charge in [0.25, 0.3) is 11.1 Å². The van der Waals surface area contributed by atoms with Crippen LogP contribution < -0.4 is 0 Å². The predicted octanol–water partition coefficient (Wildman–Crippen LogP) is 5.07. The van der Waals surface area contributed by atoms with Crippen LogP contribution in [-0.2, 0) is 20.9 Å². The molecule has 0 unspecified atom stereocenters. The molecule has 1 fully saturated rings. The number of imide groups is 1. The largest absolute Gasteiger partial charge is 0.461 e. The normalized spacial score (nSPS) is 16.2. The van der Waals surface area contributed by atoms with E-state index in [1.54, 1.807) is 13.0 Å². The molecule has 6 nitrogen and oxygen atoms in total. The molecule has 0 N–H and O–H groups in total. The second-order valence-corrected chi connectivity index (χ2v) is 8.68. The van der Waals surface area contributed by atoms with Crippen LogP contribution in [0.15, 0.2) is 65.7 Å². The minimum Gasteiger partial charge on any atom is -0.461 e. The Morgan fingerprint density at radius 3 is 2.56 bits per heavy atom. The number of hydrogen-bond acceptors (Lipinski definition) is 5. The molecule has 1 aliphatic rings. The zero-order valence-corrected chi connectivity index (χ0v) is 18.8. The summed E-state index contributed by atoms with van der Waals surface area (Å²) >= 11 is 0.847. The van der Waals surface area contributed by atoms with Crippen molar-refractivity contribution in [3.8, 4) is 0 Å². The van der Waals surface area contributed by atoms with E-state index >= 15 is 0 Å². The molecular formula is C25H24N2O4S. The van der Waals surface area contributed by atoms with Gasteiger partial charge in [0, 0.05) is 29.2 Å². The lowest BCUT2D eigenvalue weighted by Gasteiger charge is -2.14. The molecule has 0 aliphatic carbocycles. The molecule has 0 spiro atoms. The predicted molar refractivity (Wildman–Crippen MR) is 126 cm³/mol. The van der Waals surface area contributed by atoms with Gasteiger partial charge in [0.2, 0.25) is 0 Å². The fourth-order valence-corrected chi connectivity index (χ4v) is 4.38. The van der Waals surface area contributed by atoms with Crippen LogP contribution in [-0.4, -0.2) is 39.2 Å². The number of amides is 2. The monoisotopic (exact) mass is 448 g/mol. The maximum Gasteiger partial charge on any atom is 0.326 e. The van der Waals surface area contributed by atoms with Gasteiger partial charge in [-0.2, -0.15) is 0 Å². The fourth-order valence-electron chi connectivity index (χ4n) is 3.55. The van der Waals surface area contributed by atoms with E-state index in [1.165, 1.54) is 5.56 Å². The summed E-state index contributed by atoms with van der Waals surface area (Å²) in [5.74, 6) is -1.05. The quantitative estimate of drug-likeness (QED) is 0.373. The van der Waals surface area contributed by atoms with Crippen molar-refractivity contribution >= 4 is 45.9 Å². The number of nitrogens with zero attached hydrogens (tertiary/aromatic N) is 2. The number of esters is 1. The number of fused-ring (bicyclic) bond motifs is 1. The van der Waals surface area contributed by atoms with Gasteiger partial charge in [-0.3, -0.25) is 19.3 Å². The Morgan fingerprint density at radius 1 is 1.09 bits per heavy atom. The first-order chi connectivity index (χ1) is 15.5. The van der Waals surface area contributed by atoms with Crippen LogP contribution in [0.1, 0.15) is 31.4 Å². The maximum atomic E-state index is 12.8. The molecule has 4 rings (SSSR count). The Bertz CT molecular complexity index is 1200. The SMILES string of the molecule is CC[C@H](C)OC(=O)CN1C(=O)S/C(=C\c2cn(Cc3ccccc3)c3ccccc23)C1=O. The number of rotatable bonds is 7. The van der Waals surface area contributed by atoms with Crippen molar-refractivity contribution in [1.29, 1.82) is 0 Å². The standard InChI is InChI=1S/C25H24N2O4S/c1-3-17(2)31-23(28)16-27-24(29)22(32-25(27)30)13-19-15-26(14-18-9-5-4-6-10-18)21-12-8-7-11-20(19)21/h4-13,15,17H,3,14,16H2,1-2H3/b22-13-/t17-/m0/s1. The Morgan fingerprint density at radius 2 is 1.81 bits per heavy atom. The lowest BCUT2D eigenvalue weighted by atomic mass is 10.1. The highest BCUT2D eigenvalue weighted by atomic mass is 32.2. The molecule has 1 aliphatic heterocycles. The third kappa shape index (κ3) is 4.62. The number of para-hydroxylation sites is 1. The summed E-state index contributed by atoms with van der Waals surface area (Å²) in [5, 5.41) is 0.529. The zero-order valence-electron chi connectivity index (χ0n) is 18.0. The molecule has 0 saturated carbocycles. The summed E-state index contributed by atoms with van der Waals surface area (Å²) in [5.41, 5.74) is 3.06. The van der Waals surface area contributed by atoms with Crippen molar-refractivity contribution in [2.24, 2.45) is 0 Å². The van der Waals surface area contributed by atoms with Crippen LogP contribution in [0.3, 0.4) is 0 Å². The lowest BCUT2D eigenvalue weighted by Crippen LogP contribution is -2.35. The van der Waals surface area contributed by atoms with Gasteiger partial charge in [0.05, 0.1) is 11.0 Å². The smallest absolute Gasteiger partial charge is 0.326 e. The number of benzene rings is 2. The Balaban J connectivity index is 1.60. The first kappa shape index (κ1) is 21.9. The van der Waals surface area contributed by atoms with Gasteiger partial charge in [0.15, 0.2) is 0 Å².